The molecule has 1 unspecified atom stereocenters. The Labute approximate surface area is 106 Å². The molecule has 0 aliphatic rings. The molecule has 0 heterocycles. The van der Waals surface area contributed by atoms with Gasteiger partial charge in [-0.1, -0.05) is 32.4 Å². The van der Waals surface area contributed by atoms with Crippen LogP contribution in [0.25, 0.3) is 0 Å². The topological polar surface area (TPSA) is 29.3 Å². The van der Waals surface area contributed by atoms with Gasteiger partial charge >= 0.3 is 0 Å². The van der Waals surface area contributed by atoms with E-state index in [0.717, 1.165) is 19.0 Å². The van der Waals surface area contributed by atoms with E-state index in [1.165, 1.54) is 24.1 Å². The lowest BCUT2D eigenvalue weighted by Crippen LogP contribution is -2.28. The summed E-state index contributed by atoms with van der Waals surface area (Å²) in [6, 6.07) is 8.62. The van der Waals surface area contributed by atoms with Gasteiger partial charge in [-0.15, -0.1) is 0 Å². The molecule has 0 radical (unpaired) electrons. The summed E-state index contributed by atoms with van der Waals surface area (Å²) >= 11 is 0. The highest BCUT2D eigenvalue weighted by molar-refractivity contribution is 5.47. The van der Waals surface area contributed by atoms with Crippen molar-refractivity contribution in [1.29, 1.82) is 0 Å². The van der Waals surface area contributed by atoms with Crippen LogP contribution in [0, 0.1) is 5.92 Å². The summed E-state index contributed by atoms with van der Waals surface area (Å²) in [4.78, 5) is 2.45. The number of rotatable bonds is 7. The fourth-order valence-electron chi connectivity index (χ4n) is 2.22. The Bertz CT molecular complexity index is 305. The van der Waals surface area contributed by atoms with Gasteiger partial charge in [0.15, 0.2) is 0 Å². The summed E-state index contributed by atoms with van der Waals surface area (Å²) in [5.74, 6) is 0.758. The van der Waals surface area contributed by atoms with Crippen molar-refractivity contribution in [2.24, 2.45) is 11.7 Å². The number of anilines is 1. The van der Waals surface area contributed by atoms with Crippen molar-refractivity contribution in [3.05, 3.63) is 29.8 Å². The van der Waals surface area contributed by atoms with Crippen molar-refractivity contribution in [2.75, 3.05) is 18.0 Å². The Hall–Kier alpha value is -1.02. The van der Waals surface area contributed by atoms with E-state index >= 15 is 0 Å². The molecule has 0 fully saturated rings. The Morgan fingerprint density at radius 3 is 2.29 bits per heavy atom. The van der Waals surface area contributed by atoms with Crippen LogP contribution in [-0.2, 0) is 6.54 Å². The van der Waals surface area contributed by atoms with Gasteiger partial charge in [0.05, 0.1) is 0 Å². The Morgan fingerprint density at radius 1 is 1.18 bits per heavy atom. The zero-order chi connectivity index (χ0) is 12.7. The van der Waals surface area contributed by atoms with Crippen LogP contribution in [0.4, 0.5) is 5.69 Å². The van der Waals surface area contributed by atoms with Gasteiger partial charge in [0, 0.05) is 25.3 Å². The van der Waals surface area contributed by atoms with Crippen molar-refractivity contribution in [3.63, 3.8) is 0 Å². The lowest BCUT2D eigenvalue weighted by Gasteiger charge is -2.26. The summed E-state index contributed by atoms with van der Waals surface area (Å²) < 4.78 is 0. The highest BCUT2D eigenvalue weighted by atomic mass is 15.1. The Kier molecular flexibility index (Phi) is 6.06. The minimum Gasteiger partial charge on any atom is -0.372 e. The number of benzene rings is 1. The SMILES string of the molecule is CCCC(C)CN(CC)c1ccc(CN)cc1. The van der Waals surface area contributed by atoms with Crippen LogP contribution in [0.1, 0.15) is 39.2 Å². The van der Waals surface area contributed by atoms with E-state index in [1.807, 2.05) is 0 Å². The molecule has 0 amide bonds. The summed E-state index contributed by atoms with van der Waals surface area (Å²) in [6.07, 6.45) is 2.57. The molecule has 1 aromatic carbocycles. The standard InChI is InChI=1S/C15H26N2/c1-4-6-13(3)12-17(5-2)15-9-7-14(11-16)8-10-15/h7-10,13H,4-6,11-12,16H2,1-3H3. The summed E-state index contributed by atoms with van der Waals surface area (Å²) in [6.45, 7) is 9.64. The smallest absolute Gasteiger partial charge is 0.0366 e. The molecule has 1 rings (SSSR count). The third-order valence-corrected chi connectivity index (χ3v) is 3.23. The van der Waals surface area contributed by atoms with E-state index < -0.39 is 0 Å². The Morgan fingerprint density at radius 2 is 1.82 bits per heavy atom. The largest absolute Gasteiger partial charge is 0.372 e. The molecule has 96 valence electrons. The average molecular weight is 234 g/mol. The maximum absolute atomic E-state index is 5.62. The first-order valence-electron chi connectivity index (χ1n) is 6.75. The van der Waals surface area contributed by atoms with Crippen LogP contribution < -0.4 is 10.6 Å². The van der Waals surface area contributed by atoms with Crippen LogP contribution in [0.15, 0.2) is 24.3 Å². The minimum absolute atomic E-state index is 0.624. The molecule has 1 aromatic rings. The molecule has 2 heteroatoms. The van der Waals surface area contributed by atoms with Crippen LogP contribution in [0.2, 0.25) is 0 Å². The van der Waals surface area contributed by atoms with Gasteiger partial charge in [-0.2, -0.15) is 0 Å². The number of nitrogens with two attached hydrogens (primary N) is 1. The molecule has 0 spiro atoms. The van der Waals surface area contributed by atoms with Crippen molar-refractivity contribution < 1.29 is 0 Å². The Balaban J connectivity index is 2.65. The van der Waals surface area contributed by atoms with Crippen molar-refractivity contribution in [1.82, 2.24) is 0 Å². The first-order chi connectivity index (χ1) is 8.21. The van der Waals surface area contributed by atoms with Crippen LogP contribution in [-0.4, -0.2) is 13.1 Å². The predicted octanol–water partition coefficient (Wildman–Crippen LogP) is 3.41. The third kappa shape index (κ3) is 4.39. The highest BCUT2D eigenvalue weighted by Crippen LogP contribution is 2.18. The second kappa shape index (κ2) is 7.33. The van der Waals surface area contributed by atoms with Crippen LogP contribution >= 0.6 is 0 Å². The molecule has 0 saturated carbocycles. The van der Waals surface area contributed by atoms with E-state index in [9.17, 15) is 0 Å². The molecule has 2 N–H and O–H groups in total. The van der Waals surface area contributed by atoms with E-state index in [4.69, 9.17) is 5.73 Å². The third-order valence-electron chi connectivity index (χ3n) is 3.23. The van der Waals surface area contributed by atoms with E-state index in [-0.39, 0.29) is 0 Å². The van der Waals surface area contributed by atoms with Gasteiger partial charge in [-0.25, -0.2) is 0 Å². The molecule has 0 aliphatic carbocycles. The maximum atomic E-state index is 5.62. The van der Waals surface area contributed by atoms with Crippen molar-refractivity contribution in [2.45, 2.75) is 40.2 Å². The van der Waals surface area contributed by atoms with Gasteiger partial charge in [0.25, 0.3) is 0 Å². The monoisotopic (exact) mass is 234 g/mol. The molecule has 0 bridgehead atoms. The minimum atomic E-state index is 0.624. The average Bonchev–Trinajstić information content (AvgIpc) is 2.36. The molecule has 1 atom stereocenters. The normalized spacial score (nSPS) is 12.5. The molecule has 2 nitrogen and oxygen atoms in total. The predicted molar refractivity (Wildman–Crippen MR) is 76.3 cm³/mol. The second-order valence-corrected chi connectivity index (χ2v) is 4.80. The first-order valence-corrected chi connectivity index (χ1v) is 6.75. The fourth-order valence-corrected chi connectivity index (χ4v) is 2.22. The summed E-state index contributed by atoms with van der Waals surface area (Å²) in [5.41, 5.74) is 8.13. The van der Waals surface area contributed by atoms with Gasteiger partial charge in [-0.05, 0) is 37.0 Å². The quantitative estimate of drug-likeness (QED) is 0.783. The van der Waals surface area contributed by atoms with Gasteiger partial charge in [0.2, 0.25) is 0 Å². The van der Waals surface area contributed by atoms with Gasteiger partial charge in [0.1, 0.15) is 0 Å². The second-order valence-electron chi connectivity index (χ2n) is 4.80. The molecule has 0 aliphatic heterocycles. The van der Waals surface area contributed by atoms with E-state index in [1.54, 1.807) is 0 Å². The number of nitrogens with zero attached hydrogens (tertiary/aromatic N) is 1. The van der Waals surface area contributed by atoms with Crippen molar-refractivity contribution in [3.8, 4) is 0 Å². The number of hydrogen-bond acceptors (Lipinski definition) is 2. The zero-order valence-electron chi connectivity index (χ0n) is 11.4. The summed E-state index contributed by atoms with van der Waals surface area (Å²) in [7, 11) is 0. The van der Waals surface area contributed by atoms with E-state index in [0.29, 0.717) is 6.54 Å². The fraction of sp³-hybridized carbons (Fsp3) is 0.600. The highest BCUT2D eigenvalue weighted by Gasteiger charge is 2.08. The van der Waals surface area contributed by atoms with Gasteiger partial charge in [-0.3, -0.25) is 0 Å². The lowest BCUT2D eigenvalue weighted by atomic mass is 10.1. The zero-order valence-corrected chi connectivity index (χ0v) is 11.4. The lowest BCUT2D eigenvalue weighted by molar-refractivity contribution is 0.515. The van der Waals surface area contributed by atoms with Crippen LogP contribution in [0.5, 0.6) is 0 Å². The first kappa shape index (κ1) is 14.0. The van der Waals surface area contributed by atoms with Crippen LogP contribution in [0.3, 0.4) is 0 Å². The van der Waals surface area contributed by atoms with Gasteiger partial charge < -0.3 is 10.6 Å². The summed E-state index contributed by atoms with van der Waals surface area (Å²) in [5, 5.41) is 0. The molecule has 17 heavy (non-hydrogen) atoms. The van der Waals surface area contributed by atoms with Crippen molar-refractivity contribution >= 4 is 5.69 Å². The molecule has 0 saturated heterocycles. The maximum Gasteiger partial charge on any atom is 0.0366 e. The molecular formula is C15H26N2. The molecule has 0 aromatic heterocycles. The van der Waals surface area contributed by atoms with E-state index in [2.05, 4.69) is 49.9 Å². The number of hydrogen-bond donors (Lipinski definition) is 1. The molecular weight excluding hydrogens is 208 g/mol.